The molecule has 0 aromatic carbocycles. The van der Waals surface area contributed by atoms with Crippen LogP contribution in [0.2, 0.25) is 0 Å². The fraction of sp³-hybridized carbons (Fsp3) is 0.600. The van der Waals surface area contributed by atoms with Crippen LogP contribution in [-0.2, 0) is 20.9 Å². The Morgan fingerprint density at radius 3 is 2.47 bits per heavy atom. The molecule has 1 aromatic rings. The van der Waals surface area contributed by atoms with E-state index in [1.54, 1.807) is 11.8 Å². The Labute approximate surface area is 126 Å². The minimum Gasteiger partial charge on any atom is -0.403 e. The van der Waals surface area contributed by atoms with Gasteiger partial charge in [0.05, 0.1) is 13.2 Å². The topological polar surface area (TPSA) is 64.4 Å². The largest absolute Gasteiger partial charge is 0.403 e. The van der Waals surface area contributed by atoms with Crippen LogP contribution < -0.4 is 4.52 Å². The van der Waals surface area contributed by atoms with Gasteiger partial charge in [0.25, 0.3) is 5.88 Å². The second-order valence-electron chi connectivity index (χ2n) is 3.03. The van der Waals surface area contributed by atoms with Crippen LogP contribution in [0.4, 0.5) is 0 Å². The molecule has 0 radical (unpaired) electrons. The van der Waals surface area contributed by atoms with Crippen LogP contribution in [0.25, 0.3) is 0 Å². The number of rotatable bonds is 8. The molecule has 0 unspecified atom stereocenters. The Balaban J connectivity index is 2.95. The van der Waals surface area contributed by atoms with Crippen molar-refractivity contribution < 1.29 is 13.6 Å². The highest BCUT2D eigenvalue weighted by atomic mass is 32.5. The lowest BCUT2D eigenvalue weighted by atomic mass is 10.6. The Hall–Kier alpha value is -0.160. The van der Waals surface area contributed by atoms with Crippen LogP contribution in [0, 0.1) is 11.3 Å². The molecule has 0 aliphatic rings. The summed E-state index contributed by atoms with van der Waals surface area (Å²) in [5, 5.41) is 9.08. The molecule has 1 aromatic heterocycles. The van der Waals surface area contributed by atoms with Gasteiger partial charge in [0.1, 0.15) is 6.07 Å². The standard InChI is InChI=1S/C10H15N2O3PS3/c1-4-13-16(17,14-5-2)15-9-8(7-11)19-10(12-9)18-6-3/h4-6H2,1-3H3. The normalized spacial score (nSPS) is 11.3. The van der Waals surface area contributed by atoms with Gasteiger partial charge >= 0.3 is 6.72 Å². The molecule has 106 valence electrons. The van der Waals surface area contributed by atoms with Gasteiger partial charge in [-0.1, -0.05) is 30.0 Å². The molecule has 1 rings (SSSR count). The van der Waals surface area contributed by atoms with Gasteiger partial charge in [-0.3, -0.25) is 9.05 Å². The summed E-state index contributed by atoms with van der Waals surface area (Å²) < 4.78 is 17.1. The maximum atomic E-state index is 9.08. The molecule has 0 aliphatic carbocycles. The number of aromatic nitrogens is 1. The summed E-state index contributed by atoms with van der Waals surface area (Å²) in [5.74, 6) is 1.09. The second-order valence-corrected chi connectivity index (χ2v) is 8.48. The molecule has 0 spiro atoms. The summed E-state index contributed by atoms with van der Waals surface area (Å²) in [7, 11) is 0. The Kier molecular flexibility index (Phi) is 7.29. The maximum absolute atomic E-state index is 9.08. The molecular weight excluding hydrogens is 323 g/mol. The van der Waals surface area contributed by atoms with Crippen molar-refractivity contribution in [1.82, 2.24) is 4.98 Å². The van der Waals surface area contributed by atoms with Crippen molar-refractivity contribution >= 4 is 41.6 Å². The van der Waals surface area contributed by atoms with E-state index >= 15 is 0 Å². The van der Waals surface area contributed by atoms with Gasteiger partial charge in [-0.25, -0.2) is 0 Å². The SMILES string of the molecule is CCOP(=S)(OCC)Oc1nc(SCC)sc1C#N. The van der Waals surface area contributed by atoms with Crippen LogP contribution in [0.15, 0.2) is 4.34 Å². The van der Waals surface area contributed by atoms with Crippen molar-refractivity contribution in [3.05, 3.63) is 4.88 Å². The van der Waals surface area contributed by atoms with E-state index in [4.69, 9.17) is 30.6 Å². The number of hydrogen-bond acceptors (Lipinski definition) is 8. The zero-order valence-electron chi connectivity index (χ0n) is 10.9. The second kappa shape index (κ2) is 8.20. The minimum absolute atomic E-state index is 0.216. The molecule has 0 bridgehead atoms. The van der Waals surface area contributed by atoms with Gasteiger partial charge in [0.2, 0.25) is 0 Å². The summed E-state index contributed by atoms with van der Waals surface area (Å²) >= 11 is 8.09. The van der Waals surface area contributed by atoms with E-state index in [9.17, 15) is 0 Å². The van der Waals surface area contributed by atoms with Crippen molar-refractivity contribution in [2.45, 2.75) is 25.1 Å². The lowest BCUT2D eigenvalue weighted by Crippen LogP contribution is -2.02. The highest BCUT2D eigenvalue weighted by Crippen LogP contribution is 2.51. The van der Waals surface area contributed by atoms with Crippen LogP contribution in [-0.4, -0.2) is 24.0 Å². The van der Waals surface area contributed by atoms with E-state index in [0.717, 1.165) is 10.1 Å². The molecule has 0 atom stereocenters. The molecule has 19 heavy (non-hydrogen) atoms. The number of thioether (sulfide) groups is 1. The summed E-state index contributed by atoms with van der Waals surface area (Å²) in [6, 6.07) is 2.06. The zero-order valence-corrected chi connectivity index (χ0v) is 14.3. The maximum Gasteiger partial charge on any atom is 0.381 e. The molecule has 0 fully saturated rings. The Bertz CT molecular complexity index is 491. The predicted octanol–water partition coefficient (Wildman–Crippen LogP) is 3.80. The summed E-state index contributed by atoms with van der Waals surface area (Å²) in [6.07, 6.45) is 0. The fourth-order valence-corrected chi connectivity index (χ4v) is 4.94. The van der Waals surface area contributed by atoms with Crippen LogP contribution >= 0.6 is 29.8 Å². The van der Waals surface area contributed by atoms with E-state index in [1.807, 2.05) is 20.8 Å². The smallest absolute Gasteiger partial charge is 0.381 e. The van der Waals surface area contributed by atoms with Crippen molar-refractivity contribution in [1.29, 1.82) is 5.26 Å². The molecule has 9 heteroatoms. The number of nitriles is 1. The molecule has 5 nitrogen and oxygen atoms in total. The van der Waals surface area contributed by atoms with Gasteiger partial charge in [0, 0.05) is 11.8 Å². The highest BCUT2D eigenvalue weighted by Gasteiger charge is 2.25. The monoisotopic (exact) mass is 338 g/mol. The molecule has 0 N–H and O–H groups in total. The van der Waals surface area contributed by atoms with Crippen molar-refractivity contribution in [2.75, 3.05) is 19.0 Å². The molecule has 1 heterocycles. The average molecular weight is 338 g/mol. The first kappa shape index (κ1) is 16.9. The van der Waals surface area contributed by atoms with Crippen molar-refractivity contribution in [3.8, 4) is 11.9 Å². The summed E-state index contributed by atoms with van der Waals surface area (Å²) in [6.45, 7) is 3.55. The average Bonchev–Trinajstić information content (AvgIpc) is 2.71. The van der Waals surface area contributed by atoms with E-state index in [1.165, 1.54) is 11.3 Å². The van der Waals surface area contributed by atoms with Crippen LogP contribution in [0.3, 0.4) is 0 Å². The lowest BCUT2D eigenvalue weighted by Gasteiger charge is -2.19. The molecule has 0 saturated carbocycles. The number of thiazole rings is 1. The van der Waals surface area contributed by atoms with Crippen LogP contribution in [0.5, 0.6) is 5.88 Å². The van der Waals surface area contributed by atoms with Crippen molar-refractivity contribution in [2.24, 2.45) is 0 Å². The Morgan fingerprint density at radius 1 is 1.37 bits per heavy atom. The summed E-state index contributed by atoms with van der Waals surface area (Å²) in [5.41, 5.74) is 0. The third kappa shape index (κ3) is 5.03. The third-order valence-electron chi connectivity index (χ3n) is 1.72. The molecule has 0 amide bonds. The minimum atomic E-state index is -2.87. The van der Waals surface area contributed by atoms with E-state index in [-0.39, 0.29) is 5.88 Å². The fourth-order valence-electron chi connectivity index (χ4n) is 1.12. The van der Waals surface area contributed by atoms with Gasteiger partial charge in [-0.05, 0) is 19.6 Å². The molecular formula is C10H15N2O3PS3. The van der Waals surface area contributed by atoms with Crippen LogP contribution in [0.1, 0.15) is 25.6 Å². The highest BCUT2D eigenvalue weighted by molar-refractivity contribution is 8.07. The van der Waals surface area contributed by atoms with E-state index in [2.05, 4.69) is 11.1 Å². The number of nitrogens with zero attached hydrogens (tertiary/aromatic N) is 2. The molecule has 0 aliphatic heterocycles. The first-order valence-corrected chi connectivity index (χ1v) is 10.1. The number of hydrogen-bond donors (Lipinski definition) is 0. The predicted molar refractivity (Wildman–Crippen MR) is 81.4 cm³/mol. The van der Waals surface area contributed by atoms with Gasteiger partial charge in [-0.2, -0.15) is 10.2 Å². The third-order valence-corrected chi connectivity index (χ3v) is 6.09. The van der Waals surface area contributed by atoms with E-state index in [0.29, 0.717) is 18.1 Å². The van der Waals surface area contributed by atoms with E-state index < -0.39 is 6.72 Å². The first-order chi connectivity index (χ1) is 9.08. The quantitative estimate of drug-likeness (QED) is 0.527. The van der Waals surface area contributed by atoms with Gasteiger partial charge < -0.3 is 4.52 Å². The lowest BCUT2D eigenvalue weighted by molar-refractivity contribution is 0.216. The van der Waals surface area contributed by atoms with Gasteiger partial charge in [-0.15, -0.1) is 0 Å². The Morgan fingerprint density at radius 2 is 2.00 bits per heavy atom. The first-order valence-electron chi connectivity index (χ1n) is 5.70. The zero-order chi connectivity index (χ0) is 14.3. The van der Waals surface area contributed by atoms with Gasteiger partial charge in [0.15, 0.2) is 9.22 Å². The van der Waals surface area contributed by atoms with Crippen molar-refractivity contribution in [3.63, 3.8) is 0 Å². The molecule has 0 saturated heterocycles. The summed E-state index contributed by atoms with van der Waals surface area (Å²) in [4.78, 5) is 4.65.